The molecule has 0 spiro atoms. The van der Waals surface area contributed by atoms with Crippen molar-refractivity contribution in [2.45, 2.75) is 11.5 Å². The van der Waals surface area contributed by atoms with Gasteiger partial charge in [0.25, 0.3) is 0 Å². The average Bonchev–Trinajstić information content (AvgIpc) is 1.81. The summed E-state index contributed by atoms with van der Waals surface area (Å²) in [5, 5.41) is 0. The van der Waals surface area contributed by atoms with Gasteiger partial charge in [0.1, 0.15) is 0 Å². The topological polar surface area (TPSA) is 18.8 Å². The molecule has 0 bridgehead atoms. The Balaban J connectivity index is 4.33. The van der Waals surface area contributed by atoms with Crippen LogP contribution in [0.1, 0.15) is 0 Å². The summed E-state index contributed by atoms with van der Waals surface area (Å²) in [6.45, 7) is 0. The maximum atomic E-state index is 4.61. The number of rotatable bonds is 1. The SMILES string of the molecule is CN(C)C(=[N][Ge]([CH3])[CH3])N(C)C. The summed E-state index contributed by atoms with van der Waals surface area (Å²) in [4.78, 5) is 4.11. The van der Waals surface area contributed by atoms with Crippen LogP contribution < -0.4 is 0 Å². The Morgan fingerprint density at radius 2 is 1.36 bits per heavy atom. The van der Waals surface area contributed by atoms with Gasteiger partial charge in [-0.15, -0.1) is 0 Å². The molecular formula is C7H18GeN3. The first-order valence-corrected chi connectivity index (χ1v) is 8.82. The van der Waals surface area contributed by atoms with E-state index in [1.807, 2.05) is 28.2 Å². The van der Waals surface area contributed by atoms with Gasteiger partial charge in [-0.2, -0.15) is 0 Å². The molecule has 0 aliphatic heterocycles. The number of nitrogens with zero attached hydrogens (tertiary/aromatic N) is 3. The average molecular weight is 217 g/mol. The molecule has 3 nitrogen and oxygen atoms in total. The van der Waals surface area contributed by atoms with E-state index in [1.54, 1.807) is 0 Å². The van der Waals surface area contributed by atoms with E-state index in [9.17, 15) is 0 Å². The molecule has 11 heavy (non-hydrogen) atoms. The third kappa shape index (κ3) is 4.29. The van der Waals surface area contributed by atoms with Crippen LogP contribution in [0.3, 0.4) is 0 Å². The van der Waals surface area contributed by atoms with Crippen molar-refractivity contribution in [1.82, 2.24) is 9.80 Å². The van der Waals surface area contributed by atoms with Crippen molar-refractivity contribution in [3.63, 3.8) is 0 Å². The molecule has 1 radical (unpaired) electrons. The first-order valence-electron chi connectivity index (χ1n) is 3.68. The fraction of sp³-hybridized carbons (Fsp3) is 0.857. The standard InChI is InChI=1S/C7H18GeN3/c1-8(2)9-7(10(3)4)11(5)6/h1-6H3. The second-order valence-electron chi connectivity index (χ2n) is 3.15. The zero-order valence-corrected chi connectivity index (χ0v) is 10.4. The summed E-state index contributed by atoms with van der Waals surface area (Å²) in [5.74, 6) is 5.57. The van der Waals surface area contributed by atoms with Gasteiger partial charge in [0.15, 0.2) is 0 Å². The monoisotopic (exact) mass is 218 g/mol. The van der Waals surface area contributed by atoms with E-state index in [1.165, 1.54) is 0 Å². The van der Waals surface area contributed by atoms with Crippen LogP contribution >= 0.6 is 0 Å². The van der Waals surface area contributed by atoms with Crippen molar-refractivity contribution in [3.05, 3.63) is 0 Å². The zero-order valence-electron chi connectivity index (χ0n) is 8.34. The van der Waals surface area contributed by atoms with E-state index in [4.69, 9.17) is 0 Å². The molecule has 0 aromatic rings. The van der Waals surface area contributed by atoms with Gasteiger partial charge in [0, 0.05) is 0 Å². The van der Waals surface area contributed by atoms with Crippen molar-refractivity contribution in [2.75, 3.05) is 28.2 Å². The molecule has 0 unspecified atom stereocenters. The van der Waals surface area contributed by atoms with E-state index < -0.39 is 14.6 Å². The molecule has 4 heteroatoms. The van der Waals surface area contributed by atoms with Crippen LogP contribution in [0.2, 0.25) is 11.5 Å². The summed E-state index contributed by atoms with van der Waals surface area (Å²) < 4.78 is 4.61. The van der Waals surface area contributed by atoms with Crippen molar-refractivity contribution < 1.29 is 0 Å². The van der Waals surface area contributed by atoms with Crippen molar-refractivity contribution in [1.29, 1.82) is 0 Å². The maximum absolute atomic E-state index is 4.61. The molecule has 0 N–H and O–H groups in total. The van der Waals surface area contributed by atoms with Crippen molar-refractivity contribution >= 4 is 20.5 Å². The van der Waals surface area contributed by atoms with E-state index in [2.05, 4.69) is 25.3 Å². The molecule has 0 aromatic heterocycles. The minimum atomic E-state index is -1.07. The normalized spacial score (nSPS) is 9.73. The summed E-state index contributed by atoms with van der Waals surface area (Å²) in [6.07, 6.45) is 0. The first kappa shape index (κ1) is 10.8. The Hall–Kier alpha value is -0.187. The molecule has 65 valence electrons. The van der Waals surface area contributed by atoms with Gasteiger partial charge < -0.3 is 0 Å². The Labute approximate surface area is 74.4 Å². The van der Waals surface area contributed by atoms with Crippen LogP contribution in [0, 0.1) is 0 Å². The summed E-state index contributed by atoms with van der Waals surface area (Å²) in [7, 11) is 8.11. The predicted octanol–water partition coefficient (Wildman–Crippen LogP) is 0.717. The predicted molar refractivity (Wildman–Crippen MR) is 52.3 cm³/mol. The van der Waals surface area contributed by atoms with E-state index in [-0.39, 0.29) is 0 Å². The van der Waals surface area contributed by atoms with Gasteiger partial charge in [0.05, 0.1) is 0 Å². The van der Waals surface area contributed by atoms with Gasteiger partial charge in [0.2, 0.25) is 0 Å². The zero-order chi connectivity index (χ0) is 9.02. The molecule has 0 heterocycles. The Bertz CT molecular complexity index is 131. The second kappa shape index (κ2) is 4.64. The molecule has 0 aliphatic rings. The van der Waals surface area contributed by atoms with Gasteiger partial charge in [-0.25, -0.2) is 0 Å². The molecule has 0 amide bonds. The van der Waals surface area contributed by atoms with Crippen LogP contribution in [0.15, 0.2) is 3.95 Å². The molecule has 0 saturated heterocycles. The van der Waals surface area contributed by atoms with Crippen molar-refractivity contribution in [2.24, 2.45) is 3.95 Å². The second-order valence-corrected chi connectivity index (χ2v) is 7.59. The number of hydrogen-bond acceptors (Lipinski definition) is 1. The minimum absolute atomic E-state index is 1.07. The summed E-state index contributed by atoms with van der Waals surface area (Å²) >= 11 is -1.07. The van der Waals surface area contributed by atoms with Gasteiger partial charge in [-0.05, 0) is 0 Å². The number of hydrogen-bond donors (Lipinski definition) is 0. The molecule has 0 aromatic carbocycles. The molecule has 0 aliphatic carbocycles. The van der Waals surface area contributed by atoms with Crippen molar-refractivity contribution in [3.8, 4) is 0 Å². The van der Waals surface area contributed by atoms with Crippen LogP contribution in [-0.2, 0) is 0 Å². The fourth-order valence-corrected chi connectivity index (χ4v) is 2.48. The first-order chi connectivity index (χ1) is 4.95. The molecule has 0 rings (SSSR count). The molecule has 0 atom stereocenters. The van der Waals surface area contributed by atoms with E-state index in [0.29, 0.717) is 0 Å². The quantitative estimate of drug-likeness (QED) is 0.366. The molecule has 0 saturated carbocycles. The summed E-state index contributed by atoms with van der Waals surface area (Å²) in [5.41, 5.74) is 0. The third-order valence-electron chi connectivity index (χ3n) is 1.12. The van der Waals surface area contributed by atoms with Gasteiger partial charge in [-0.3, -0.25) is 0 Å². The third-order valence-corrected chi connectivity index (χ3v) is 2.48. The Morgan fingerprint density at radius 3 is 1.45 bits per heavy atom. The van der Waals surface area contributed by atoms with Crippen LogP contribution in [0.5, 0.6) is 0 Å². The Kier molecular flexibility index (Phi) is 4.56. The Morgan fingerprint density at radius 1 is 1.00 bits per heavy atom. The summed E-state index contributed by atoms with van der Waals surface area (Å²) in [6, 6.07) is 0. The van der Waals surface area contributed by atoms with Crippen LogP contribution in [0.25, 0.3) is 0 Å². The molecule has 0 fully saturated rings. The van der Waals surface area contributed by atoms with E-state index >= 15 is 0 Å². The van der Waals surface area contributed by atoms with E-state index in [0.717, 1.165) is 5.96 Å². The molecular weight excluding hydrogens is 199 g/mol. The van der Waals surface area contributed by atoms with Gasteiger partial charge >= 0.3 is 74.0 Å². The fourth-order valence-electron chi connectivity index (χ4n) is 0.800. The number of guanidine groups is 1. The van der Waals surface area contributed by atoms with Crippen LogP contribution in [0.4, 0.5) is 0 Å². The van der Waals surface area contributed by atoms with Crippen LogP contribution in [-0.4, -0.2) is 58.5 Å². The van der Waals surface area contributed by atoms with Gasteiger partial charge in [-0.1, -0.05) is 0 Å².